The van der Waals surface area contributed by atoms with E-state index in [4.69, 9.17) is 0 Å². The number of hydrogen-bond acceptors (Lipinski definition) is 2. The summed E-state index contributed by atoms with van der Waals surface area (Å²) in [4.78, 5) is 8.36. The fourth-order valence-corrected chi connectivity index (χ4v) is 1.09. The van der Waals surface area contributed by atoms with Crippen LogP contribution >= 0.6 is 0 Å². The number of hydrogen-bond donors (Lipinski definition) is 0. The molecule has 2 heteroatoms. The van der Waals surface area contributed by atoms with Crippen molar-refractivity contribution in [3.8, 4) is 0 Å². The highest BCUT2D eigenvalue weighted by molar-refractivity contribution is 5.80. The third-order valence-corrected chi connectivity index (χ3v) is 1.82. The van der Waals surface area contributed by atoms with E-state index in [0.717, 1.165) is 18.5 Å². The van der Waals surface area contributed by atoms with Crippen LogP contribution in [0.25, 0.3) is 0 Å². The van der Waals surface area contributed by atoms with Gasteiger partial charge in [0.15, 0.2) is 0 Å². The van der Waals surface area contributed by atoms with E-state index in [-0.39, 0.29) is 0 Å². The molecule has 0 atom stereocenters. The molecule has 0 saturated heterocycles. The van der Waals surface area contributed by atoms with Crippen LogP contribution in [-0.2, 0) is 0 Å². The molecule has 14 heavy (non-hydrogen) atoms. The Balaban J connectivity index is 4.61. The van der Waals surface area contributed by atoms with Crippen LogP contribution in [-0.4, -0.2) is 19.5 Å². The standard InChI is InChI=1S/C12H20N2/c1-5-7-9-14-11(3)12(8-6-2)10-13-4/h5,7,9-10H,6,8H2,1-4H3/b7-5-,12-11+,13-10-,14-9-. The lowest BCUT2D eigenvalue weighted by Gasteiger charge is -2.01. The second-order valence-corrected chi connectivity index (χ2v) is 3.05. The highest BCUT2D eigenvalue weighted by Gasteiger charge is 1.96. The average Bonchev–Trinajstić information content (AvgIpc) is 2.18. The molecule has 0 rings (SSSR count). The van der Waals surface area contributed by atoms with Gasteiger partial charge in [0.05, 0.1) is 0 Å². The van der Waals surface area contributed by atoms with Crippen LogP contribution in [0.2, 0.25) is 0 Å². The largest absolute Gasteiger partial charge is 0.296 e. The first-order valence-electron chi connectivity index (χ1n) is 5.03. The molecular weight excluding hydrogens is 172 g/mol. The lowest BCUT2D eigenvalue weighted by Crippen LogP contribution is -1.89. The molecule has 0 aliphatic heterocycles. The first-order valence-corrected chi connectivity index (χ1v) is 5.03. The molecule has 0 unspecified atom stereocenters. The van der Waals surface area contributed by atoms with E-state index in [0.29, 0.717) is 0 Å². The molecule has 0 aliphatic rings. The normalized spacial score (nSPS) is 14.6. The van der Waals surface area contributed by atoms with Gasteiger partial charge in [-0.05, 0) is 31.9 Å². The molecular formula is C12H20N2. The van der Waals surface area contributed by atoms with Crippen LogP contribution in [0.1, 0.15) is 33.6 Å². The first kappa shape index (κ1) is 12.8. The van der Waals surface area contributed by atoms with E-state index in [9.17, 15) is 0 Å². The van der Waals surface area contributed by atoms with Crippen LogP contribution in [0.3, 0.4) is 0 Å². The van der Waals surface area contributed by atoms with Gasteiger partial charge in [-0.1, -0.05) is 19.4 Å². The van der Waals surface area contributed by atoms with Gasteiger partial charge in [-0.25, -0.2) is 0 Å². The molecule has 0 spiro atoms. The van der Waals surface area contributed by atoms with E-state index in [1.807, 2.05) is 38.4 Å². The number of allylic oxidation sites excluding steroid dienone is 4. The maximum absolute atomic E-state index is 4.33. The molecule has 0 amide bonds. The van der Waals surface area contributed by atoms with Crippen molar-refractivity contribution < 1.29 is 0 Å². The van der Waals surface area contributed by atoms with Gasteiger partial charge in [-0.3, -0.25) is 9.98 Å². The third-order valence-electron chi connectivity index (χ3n) is 1.82. The average molecular weight is 192 g/mol. The van der Waals surface area contributed by atoms with Gasteiger partial charge in [-0.15, -0.1) is 0 Å². The van der Waals surface area contributed by atoms with E-state index in [2.05, 4.69) is 16.9 Å². The van der Waals surface area contributed by atoms with Crippen LogP contribution < -0.4 is 0 Å². The quantitative estimate of drug-likeness (QED) is 0.596. The summed E-state index contributed by atoms with van der Waals surface area (Å²) in [5.74, 6) is 0. The van der Waals surface area contributed by atoms with Crippen LogP contribution in [0, 0.1) is 0 Å². The zero-order chi connectivity index (χ0) is 10.8. The lowest BCUT2D eigenvalue weighted by molar-refractivity contribution is 0.923. The predicted molar refractivity (Wildman–Crippen MR) is 65.3 cm³/mol. The summed E-state index contributed by atoms with van der Waals surface area (Å²) in [6, 6.07) is 0. The Morgan fingerprint density at radius 1 is 1.36 bits per heavy atom. The summed E-state index contributed by atoms with van der Waals surface area (Å²) in [5.41, 5.74) is 2.27. The van der Waals surface area contributed by atoms with Gasteiger partial charge in [0, 0.05) is 25.2 Å². The second-order valence-electron chi connectivity index (χ2n) is 3.05. The van der Waals surface area contributed by atoms with Gasteiger partial charge >= 0.3 is 0 Å². The predicted octanol–water partition coefficient (Wildman–Crippen LogP) is 3.41. The minimum absolute atomic E-state index is 1.04. The van der Waals surface area contributed by atoms with E-state index < -0.39 is 0 Å². The van der Waals surface area contributed by atoms with Gasteiger partial charge < -0.3 is 0 Å². The van der Waals surface area contributed by atoms with Crippen molar-refractivity contribution in [2.45, 2.75) is 33.6 Å². The molecule has 78 valence electrons. The zero-order valence-electron chi connectivity index (χ0n) is 9.62. The van der Waals surface area contributed by atoms with Crippen molar-refractivity contribution in [1.29, 1.82) is 0 Å². The van der Waals surface area contributed by atoms with Crippen molar-refractivity contribution in [1.82, 2.24) is 0 Å². The smallest absolute Gasteiger partial charge is 0.0419 e. The molecule has 0 N–H and O–H groups in total. The minimum Gasteiger partial charge on any atom is -0.296 e. The van der Waals surface area contributed by atoms with Gasteiger partial charge in [0.25, 0.3) is 0 Å². The Bertz CT molecular complexity index is 257. The molecule has 2 nitrogen and oxygen atoms in total. The summed E-state index contributed by atoms with van der Waals surface area (Å²) < 4.78 is 0. The molecule has 0 aliphatic carbocycles. The van der Waals surface area contributed by atoms with E-state index in [1.54, 1.807) is 7.05 Å². The Kier molecular flexibility index (Phi) is 7.71. The number of nitrogens with zero attached hydrogens (tertiary/aromatic N) is 2. The molecule has 0 saturated carbocycles. The van der Waals surface area contributed by atoms with Crippen molar-refractivity contribution in [3.05, 3.63) is 23.4 Å². The summed E-state index contributed by atoms with van der Waals surface area (Å²) in [6.45, 7) is 6.16. The maximum Gasteiger partial charge on any atom is 0.0419 e. The highest BCUT2D eigenvalue weighted by Crippen LogP contribution is 2.09. The van der Waals surface area contributed by atoms with E-state index >= 15 is 0 Å². The summed E-state index contributed by atoms with van der Waals surface area (Å²) in [6.07, 6.45) is 9.76. The molecule has 0 radical (unpaired) electrons. The summed E-state index contributed by atoms with van der Waals surface area (Å²) >= 11 is 0. The number of aliphatic imine (C=N–C) groups is 2. The van der Waals surface area contributed by atoms with Gasteiger partial charge in [-0.2, -0.15) is 0 Å². The Hall–Kier alpha value is -1.18. The van der Waals surface area contributed by atoms with E-state index in [1.165, 1.54) is 5.57 Å². The van der Waals surface area contributed by atoms with Crippen molar-refractivity contribution >= 4 is 12.4 Å². The van der Waals surface area contributed by atoms with Crippen LogP contribution in [0.4, 0.5) is 0 Å². The van der Waals surface area contributed by atoms with Crippen LogP contribution in [0.15, 0.2) is 33.4 Å². The molecule has 0 heterocycles. The topological polar surface area (TPSA) is 24.7 Å². The highest BCUT2D eigenvalue weighted by atomic mass is 14.7. The number of rotatable bonds is 5. The first-order chi connectivity index (χ1) is 6.76. The Morgan fingerprint density at radius 3 is 2.57 bits per heavy atom. The monoisotopic (exact) mass is 192 g/mol. The molecule has 0 aromatic carbocycles. The Labute approximate surface area is 87.2 Å². The van der Waals surface area contributed by atoms with Crippen molar-refractivity contribution in [3.63, 3.8) is 0 Å². The summed E-state index contributed by atoms with van der Waals surface area (Å²) in [5, 5.41) is 0. The molecule has 0 aromatic heterocycles. The Morgan fingerprint density at radius 2 is 2.07 bits per heavy atom. The molecule has 0 bridgehead atoms. The SMILES string of the molecule is C\C=C/C=N\C(C)=C(\C=N/C)CCC. The van der Waals surface area contributed by atoms with Gasteiger partial charge in [0.1, 0.15) is 0 Å². The van der Waals surface area contributed by atoms with Gasteiger partial charge in [0.2, 0.25) is 0 Å². The fourth-order valence-electron chi connectivity index (χ4n) is 1.09. The summed E-state index contributed by atoms with van der Waals surface area (Å²) in [7, 11) is 1.79. The maximum atomic E-state index is 4.33. The lowest BCUT2D eigenvalue weighted by atomic mass is 10.1. The molecule has 0 aromatic rings. The third kappa shape index (κ3) is 5.46. The zero-order valence-corrected chi connectivity index (χ0v) is 9.62. The second kappa shape index (κ2) is 8.42. The molecule has 0 fully saturated rings. The minimum atomic E-state index is 1.04. The van der Waals surface area contributed by atoms with Crippen molar-refractivity contribution in [2.24, 2.45) is 9.98 Å². The fraction of sp³-hybridized carbons (Fsp3) is 0.500. The van der Waals surface area contributed by atoms with Crippen LogP contribution in [0.5, 0.6) is 0 Å². The van der Waals surface area contributed by atoms with Crippen molar-refractivity contribution in [2.75, 3.05) is 7.05 Å².